The van der Waals surface area contributed by atoms with Crippen molar-refractivity contribution in [2.45, 2.75) is 44.1 Å². The van der Waals surface area contributed by atoms with Gasteiger partial charge in [-0.2, -0.15) is 5.10 Å². The van der Waals surface area contributed by atoms with Crippen LogP contribution in [0.15, 0.2) is 71.2 Å². The summed E-state index contributed by atoms with van der Waals surface area (Å²) in [5.41, 5.74) is 4.79. The zero-order chi connectivity index (χ0) is 23.8. The second-order valence-electron chi connectivity index (χ2n) is 9.28. The van der Waals surface area contributed by atoms with Crippen LogP contribution in [0.4, 0.5) is 11.8 Å². The average molecular weight is 467 g/mol. The summed E-state index contributed by atoms with van der Waals surface area (Å²) in [4.78, 5) is 30.7. The monoisotopic (exact) mass is 466 g/mol. The first-order chi connectivity index (χ1) is 17.1. The molecule has 0 bridgehead atoms. The van der Waals surface area contributed by atoms with Crippen molar-refractivity contribution in [2.75, 3.05) is 5.32 Å². The summed E-state index contributed by atoms with van der Waals surface area (Å²) < 4.78 is 3.33. The van der Waals surface area contributed by atoms with E-state index in [1.165, 1.54) is 18.4 Å². The van der Waals surface area contributed by atoms with Gasteiger partial charge in [0.15, 0.2) is 5.82 Å². The van der Waals surface area contributed by atoms with Crippen molar-refractivity contribution in [3.63, 3.8) is 0 Å². The fraction of sp³-hybridized carbons (Fsp3) is 0.308. The highest BCUT2D eigenvalue weighted by Gasteiger charge is 2.25. The summed E-state index contributed by atoms with van der Waals surface area (Å²) in [7, 11) is 1.87. The Hall–Kier alpha value is -4.14. The maximum atomic E-state index is 12.5. The molecule has 0 unspecified atom stereocenters. The Morgan fingerprint density at radius 2 is 1.80 bits per heavy atom. The standard InChI is InChI=1S/C26H26N8O/c1-33-15-20(13-30-33)18-4-9-25(35)34(16-18)23-7-8-24(27-14-23)31-21-5-6-22(10-21)32-26-28-11-19(12-29-26)17-2-3-17/h4,7-9,11-17,22H,2-3,5-6,10H2,1H3,(H,28,29,32)/t22-/m0/s1. The van der Waals surface area contributed by atoms with E-state index in [1.807, 2.05) is 44.0 Å². The first kappa shape index (κ1) is 21.4. The molecule has 35 heavy (non-hydrogen) atoms. The molecule has 1 atom stereocenters. The van der Waals surface area contributed by atoms with Gasteiger partial charge in [-0.05, 0) is 55.4 Å². The maximum Gasteiger partial charge on any atom is 0.255 e. The van der Waals surface area contributed by atoms with Crippen LogP contribution < -0.4 is 10.9 Å². The fourth-order valence-electron chi connectivity index (χ4n) is 4.46. The van der Waals surface area contributed by atoms with Crippen molar-refractivity contribution in [3.05, 3.63) is 77.4 Å². The number of nitrogens with zero attached hydrogens (tertiary/aromatic N) is 7. The maximum absolute atomic E-state index is 12.5. The largest absolute Gasteiger partial charge is 0.351 e. The van der Waals surface area contributed by atoms with Crippen molar-refractivity contribution in [2.24, 2.45) is 12.0 Å². The van der Waals surface area contributed by atoms with Gasteiger partial charge in [-0.25, -0.2) is 19.9 Å². The number of rotatable bonds is 6. The van der Waals surface area contributed by atoms with Crippen LogP contribution in [-0.2, 0) is 7.05 Å². The van der Waals surface area contributed by atoms with E-state index in [2.05, 4.69) is 25.4 Å². The zero-order valence-corrected chi connectivity index (χ0v) is 19.5. The highest BCUT2D eigenvalue weighted by molar-refractivity contribution is 5.89. The lowest BCUT2D eigenvalue weighted by Crippen LogP contribution is -2.17. The minimum absolute atomic E-state index is 0.115. The minimum atomic E-state index is -0.115. The topological polar surface area (TPSA) is 103 Å². The predicted molar refractivity (Wildman–Crippen MR) is 134 cm³/mol. The van der Waals surface area contributed by atoms with Gasteiger partial charge in [0, 0.05) is 67.2 Å². The molecule has 4 heterocycles. The minimum Gasteiger partial charge on any atom is -0.351 e. The number of aromatic nitrogens is 6. The highest BCUT2D eigenvalue weighted by Crippen LogP contribution is 2.39. The molecule has 2 fully saturated rings. The normalized spacial score (nSPS) is 18.8. The van der Waals surface area contributed by atoms with Crippen molar-refractivity contribution in [1.29, 1.82) is 0 Å². The molecule has 0 aliphatic heterocycles. The summed E-state index contributed by atoms with van der Waals surface area (Å²) in [5.74, 6) is 1.99. The van der Waals surface area contributed by atoms with E-state index in [4.69, 9.17) is 4.99 Å². The van der Waals surface area contributed by atoms with E-state index in [1.54, 1.807) is 33.8 Å². The van der Waals surface area contributed by atoms with E-state index < -0.39 is 0 Å². The number of hydrogen-bond donors (Lipinski definition) is 1. The molecular formula is C26H26N8O. The lowest BCUT2D eigenvalue weighted by atomic mass is 10.1. The van der Waals surface area contributed by atoms with E-state index in [-0.39, 0.29) is 11.6 Å². The third-order valence-corrected chi connectivity index (χ3v) is 6.55. The molecule has 9 nitrogen and oxygen atoms in total. The summed E-state index contributed by atoms with van der Waals surface area (Å²) in [6.45, 7) is 0. The Balaban J connectivity index is 1.13. The van der Waals surface area contributed by atoms with Crippen LogP contribution in [0.5, 0.6) is 0 Å². The second kappa shape index (κ2) is 8.90. The Kier molecular flexibility index (Phi) is 5.44. The third-order valence-electron chi connectivity index (χ3n) is 6.55. The molecule has 0 aromatic carbocycles. The number of aryl methyl sites for hydroxylation is 1. The van der Waals surface area contributed by atoms with E-state index in [9.17, 15) is 4.79 Å². The first-order valence-electron chi connectivity index (χ1n) is 11.9. The Labute approximate surface area is 202 Å². The van der Waals surface area contributed by atoms with Crippen molar-refractivity contribution in [1.82, 2.24) is 29.3 Å². The van der Waals surface area contributed by atoms with Crippen LogP contribution >= 0.6 is 0 Å². The van der Waals surface area contributed by atoms with Gasteiger partial charge in [-0.3, -0.25) is 14.0 Å². The van der Waals surface area contributed by atoms with Crippen molar-refractivity contribution in [3.8, 4) is 16.8 Å². The molecule has 6 rings (SSSR count). The number of pyridine rings is 2. The summed E-state index contributed by atoms with van der Waals surface area (Å²) in [6.07, 6.45) is 16.3. The number of anilines is 1. The number of hydrogen-bond acceptors (Lipinski definition) is 7. The van der Waals surface area contributed by atoms with Crippen molar-refractivity contribution < 1.29 is 0 Å². The van der Waals surface area contributed by atoms with Crippen LogP contribution in [0.3, 0.4) is 0 Å². The Bertz CT molecular complexity index is 1430. The molecule has 176 valence electrons. The van der Waals surface area contributed by atoms with E-state index in [0.29, 0.717) is 23.4 Å². The van der Waals surface area contributed by atoms with Crippen LogP contribution in [0.25, 0.3) is 16.8 Å². The van der Waals surface area contributed by atoms with Gasteiger partial charge in [0.2, 0.25) is 5.95 Å². The Morgan fingerprint density at radius 1 is 0.943 bits per heavy atom. The molecular weight excluding hydrogens is 440 g/mol. The lowest BCUT2D eigenvalue weighted by Gasteiger charge is -2.11. The lowest BCUT2D eigenvalue weighted by molar-refractivity contribution is 0.750. The molecule has 2 saturated carbocycles. The van der Waals surface area contributed by atoms with Gasteiger partial charge >= 0.3 is 0 Å². The molecule has 0 radical (unpaired) electrons. The molecule has 4 aromatic heterocycles. The number of nitrogens with one attached hydrogen (secondary N) is 1. The highest BCUT2D eigenvalue weighted by atomic mass is 16.1. The second-order valence-corrected chi connectivity index (χ2v) is 9.28. The summed E-state index contributed by atoms with van der Waals surface area (Å²) >= 11 is 0. The molecule has 0 amide bonds. The van der Waals surface area contributed by atoms with Crippen molar-refractivity contribution >= 4 is 17.5 Å². The fourth-order valence-corrected chi connectivity index (χ4v) is 4.46. The average Bonchev–Trinajstić information content (AvgIpc) is 3.49. The zero-order valence-electron chi connectivity index (χ0n) is 19.5. The van der Waals surface area contributed by atoms with E-state index in [0.717, 1.165) is 36.1 Å². The molecule has 0 spiro atoms. The van der Waals surface area contributed by atoms with Gasteiger partial charge in [0.1, 0.15) is 0 Å². The van der Waals surface area contributed by atoms with Gasteiger partial charge in [0.25, 0.3) is 5.56 Å². The number of aliphatic imine (C=N–C) groups is 1. The van der Waals surface area contributed by atoms with Crippen LogP contribution in [0.2, 0.25) is 0 Å². The molecule has 2 aliphatic rings. The summed E-state index contributed by atoms with van der Waals surface area (Å²) in [5, 5.41) is 7.64. The molecule has 9 heteroatoms. The molecule has 0 saturated heterocycles. The molecule has 4 aromatic rings. The van der Waals surface area contributed by atoms with Crippen LogP contribution in [-0.4, -0.2) is 41.1 Å². The first-order valence-corrected chi connectivity index (χ1v) is 11.9. The molecule has 2 aliphatic carbocycles. The van der Waals surface area contributed by atoms with Gasteiger partial charge in [0.05, 0.1) is 18.1 Å². The van der Waals surface area contributed by atoms with Crippen LogP contribution in [0, 0.1) is 0 Å². The van der Waals surface area contributed by atoms with Gasteiger partial charge in [-0.15, -0.1) is 0 Å². The van der Waals surface area contributed by atoms with E-state index >= 15 is 0 Å². The SMILES string of the molecule is Cn1cc(-c2ccc(=O)n(-c3ccc(N=C4CC[C@H](Nc5ncc(C6CC6)cn5)C4)nc3)c2)cn1. The third kappa shape index (κ3) is 4.75. The van der Waals surface area contributed by atoms with Crippen LogP contribution in [0.1, 0.15) is 43.6 Å². The Morgan fingerprint density at radius 3 is 2.51 bits per heavy atom. The molecule has 1 N–H and O–H groups in total. The smallest absolute Gasteiger partial charge is 0.255 e. The van der Waals surface area contributed by atoms with Gasteiger partial charge < -0.3 is 5.32 Å². The predicted octanol–water partition coefficient (Wildman–Crippen LogP) is 4.04. The van der Waals surface area contributed by atoms with Gasteiger partial charge in [-0.1, -0.05) is 0 Å². The summed E-state index contributed by atoms with van der Waals surface area (Å²) in [6, 6.07) is 7.37. The quantitative estimate of drug-likeness (QED) is 0.460.